The van der Waals surface area contributed by atoms with Gasteiger partial charge in [0.05, 0.1) is 12.1 Å². The molecule has 4 amide bonds. The summed E-state index contributed by atoms with van der Waals surface area (Å²) in [5.41, 5.74) is 5.85. The zero-order chi connectivity index (χ0) is 39.5. The molecule has 0 radical (unpaired) electrons. The van der Waals surface area contributed by atoms with Crippen molar-refractivity contribution < 1.29 is 61.6 Å². The number of hydrogen-bond acceptors (Lipinski definition) is 18. The van der Waals surface area contributed by atoms with Gasteiger partial charge in [0.25, 0.3) is 23.6 Å². The number of imide groups is 1. The van der Waals surface area contributed by atoms with Crippen LogP contribution in [0.5, 0.6) is 0 Å². The quantitative estimate of drug-likeness (QED) is 0.0400. The van der Waals surface area contributed by atoms with E-state index < -0.39 is 92.7 Å². The van der Waals surface area contributed by atoms with Gasteiger partial charge in [-0.1, -0.05) is 10.3 Å². The number of amides is 4. The van der Waals surface area contributed by atoms with Crippen LogP contribution in [0.15, 0.2) is 21.1 Å². The van der Waals surface area contributed by atoms with Gasteiger partial charge in [-0.25, -0.2) is 19.6 Å². The summed E-state index contributed by atoms with van der Waals surface area (Å²) >= 11 is 1.78. The topological polar surface area (TPSA) is 358 Å². The summed E-state index contributed by atoms with van der Waals surface area (Å²) in [6, 6.07) is -6.20. The van der Waals surface area contributed by atoms with Crippen LogP contribution >= 0.6 is 22.7 Å². The van der Waals surface area contributed by atoms with Gasteiger partial charge in [-0.3, -0.25) is 28.6 Å². The van der Waals surface area contributed by atoms with E-state index in [-0.39, 0.29) is 21.7 Å². The van der Waals surface area contributed by atoms with Gasteiger partial charge in [0.1, 0.15) is 23.5 Å². The number of carbonyl (C=O) groups is 6. The van der Waals surface area contributed by atoms with Crippen LogP contribution in [0.2, 0.25) is 0 Å². The fraction of sp³-hybridized carbons (Fsp3) is 0.462. The summed E-state index contributed by atoms with van der Waals surface area (Å²) in [6.07, 6.45) is 0. The minimum atomic E-state index is -5.01. The maximum absolute atomic E-state index is 13.8. The SMILES string of the molecule is C[C@@H]1[C@@H](NC(=O)/C(=N\OC(C)(C)C(=O)O)c2csc(N)n2)C(=O)N1C(=O)[C@H](NC(=O)/C(=N\OC(C)(C)C(=O)O)c1csc(N)n1)[C@@H](C)NS(=O)(=O)O. The lowest BCUT2D eigenvalue weighted by molar-refractivity contribution is -0.164. The third kappa shape index (κ3) is 9.72. The molecule has 284 valence electrons. The minimum absolute atomic E-state index is 0.0159. The maximum Gasteiger partial charge on any atom is 0.350 e. The van der Waals surface area contributed by atoms with Gasteiger partial charge in [0, 0.05) is 10.8 Å². The molecule has 3 rings (SSSR count). The third-order valence-electron chi connectivity index (χ3n) is 7.02. The molecule has 23 nitrogen and oxygen atoms in total. The Morgan fingerprint density at radius 1 is 0.923 bits per heavy atom. The maximum atomic E-state index is 13.8. The van der Waals surface area contributed by atoms with Crippen molar-refractivity contribution in [3.05, 3.63) is 22.1 Å². The summed E-state index contributed by atoms with van der Waals surface area (Å²) in [6.45, 7) is 6.92. The van der Waals surface area contributed by atoms with Gasteiger partial charge < -0.3 is 42.0 Å². The van der Waals surface area contributed by atoms with Crippen molar-refractivity contribution in [1.82, 2.24) is 30.2 Å². The lowest BCUT2D eigenvalue weighted by atomic mass is 9.93. The van der Waals surface area contributed by atoms with Crippen LogP contribution in [-0.2, 0) is 48.7 Å². The first-order chi connectivity index (χ1) is 23.9. The number of β-lactam (4-membered cyclic amide) rings is 1. The molecule has 0 unspecified atom stereocenters. The summed E-state index contributed by atoms with van der Waals surface area (Å²) in [4.78, 5) is 95.5. The van der Waals surface area contributed by atoms with Crippen LogP contribution < -0.4 is 26.8 Å². The number of nitrogens with zero attached hydrogens (tertiary/aromatic N) is 5. The van der Waals surface area contributed by atoms with Crippen LogP contribution in [-0.4, -0.2) is 120 Å². The van der Waals surface area contributed by atoms with E-state index in [1.807, 2.05) is 0 Å². The van der Waals surface area contributed by atoms with E-state index >= 15 is 0 Å². The molecule has 0 spiro atoms. The fourth-order valence-corrected chi connectivity index (χ4v) is 5.69. The molecular weight excluding hydrogens is 757 g/mol. The number of anilines is 2. The number of oxime groups is 2. The van der Waals surface area contributed by atoms with E-state index in [2.05, 4.69) is 30.9 Å². The number of thiazole rings is 2. The predicted octanol–water partition coefficient (Wildman–Crippen LogP) is -1.86. The average Bonchev–Trinajstić information content (AvgIpc) is 3.65. The Bertz CT molecular complexity index is 1940. The number of nitrogens with one attached hydrogen (secondary N) is 3. The van der Waals surface area contributed by atoms with Crippen molar-refractivity contribution in [3.8, 4) is 0 Å². The molecule has 0 saturated carbocycles. The van der Waals surface area contributed by atoms with Gasteiger partial charge in [-0.05, 0) is 41.5 Å². The van der Waals surface area contributed by atoms with E-state index in [0.29, 0.717) is 4.90 Å². The molecule has 2 aromatic rings. The van der Waals surface area contributed by atoms with Crippen molar-refractivity contribution in [2.75, 3.05) is 11.5 Å². The summed E-state index contributed by atoms with van der Waals surface area (Å²) in [7, 11) is -5.01. The zero-order valence-electron chi connectivity index (χ0n) is 28.0. The smallest absolute Gasteiger partial charge is 0.350 e. The Morgan fingerprint density at radius 3 is 1.73 bits per heavy atom. The number of hydrogen-bond donors (Lipinski definition) is 8. The lowest BCUT2D eigenvalue weighted by Crippen LogP contribution is -2.74. The van der Waals surface area contributed by atoms with Crippen molar-refractivity contribution in [2.45, 2.75) is 76.9 Å². The Kier molecular flexibility index (Phi) is 12.3. The van der Waals surface area contributed by atoms with Gasteiger partial charge in [-0.15, -0.1) is 22.7 Å². The monoisotopic (exact) mass is 790 g/mol. The summed E-state index contributed by atoms with van der Waals surface area (Å²) < 4.78 is 34.5. The number of likely N-dealkylation sites (tertiary alicyclic amines) is 1. The standard InChI is InChI=1S/C26H34N10O13S3/c1-9(35-52(45,46)47)13(31-17(37)15(11-7-50-23(27)29-11)33-48-25(3,4)21(41)42)19(39)36-10(2)14(20(36)40)32-18(38)16(12-8-51-24(28)30-12)34-49-26(5,6)22(43)44/h7-10,13-14,35H,1-6H3,(H2,27,29)(H2,28,30)(H,31,37)(H,32,38)(H,41,42)(H,43,44)(H,45,46,47)/b33-15-,34-16-/t9-,10-,13-,14-/m1/s1. The Balaban J connectivity index is 1.91. The highest BCUT2D eigenvalue weighted by atomic mass is 32.2. The second kappa shape index (κ2) is 15.5. The largest absolute Gasteiger partial charge is 0.478 e. The zero-order valence-corrected chi connectivity index (χ0v) is 30.5. The molecule has 52 heavy (non-hydrogen) atoms. The molecule has 26 heteroatoms. The Morgan fingerprint density at radius 2 is 1.37 bits per heavy atom. The number of nitrogen functional groups attached to an aromatic ring is 2. The third-order valence-corrected chi connectivity index (χ3v) is 9.04. The lowest BCUT2D eigenvalue weighted by Gasteiger charge is -2.45. The van der Waals surface area contributed by atoms with E-state index in [1.54, 1.807) is 4.72 Å². The number of rotatable bonds is 16. The van der Waals surface area contributed by atoms with Gasteiger partial charge in [0.15, 0.2) is 21.7 Å². The number of aromatic nitrogens is 2. The normalized spacial score (nSPS) is 18.1. The molecule has 4 atom stereocenters. The number of carbonyl (C=O) groups excluding carboxylic acids is 4. The van der Waals surface area contributed by atoms with E-state index in [4.69, 9.17) is 21.1 Å². The van der Waals surface area contributed by atoms with E-state index in [1.165, 1.54) is 17.7 Å². The molecule has 0 aliphatic carbocycles. The van der Waals surface area contributed by atoms with Crippen molar-refractivity contribution in [1.29, 1.82) is 0 Å². The first-order valence-corrected chi connectivity index (χ1v) is 17.7. The first-order valence-electron chi connectivity index (χ1n) is 14.5. The molecule has 0 bridgehead atoms. The van der Waals surface area contributed by atoms with Crippen LogP contribution in [0.4, 0.5) is 10.3 Å². The molecule has 3 heterocycles. The van der Waals surface area contributed by atoms with Gasteiger partial charge >= 0.3 is 22.2 Å². The van der Waals surface area contributed by atoms with Crippen molar-refractivity contribution in [3.63, 3.8) is 0 Å². The van der Waals surface area contributed by atoms with Crippen LogP contribution in [0.1, 0.15) is 52.9 Å². The minimum Gasteiger partial charge on any atom is -0.478 e. The van der Waals surface area contributed by atoms with E-state index in [9.17, 15) is 52.0 Å². The van der Waals surface area contributed by atoms with Crippen LogP contribution in [0, 0.1) is 0 Å². The highest BCUT2D eigenvalue weighted by Gasteiger charge is 2.52. The van der Waals surface area contributed by atoms with Crippen LogP contribution in [0.3, 0.4) is 0 Å². The summed E-state index contributed by atoms with van der Waals surface area (Å²) in [5, 5.41) is 33.1. The molecule has 10 N–H and O–H groups in total. The second-order valence-corrected chi connectivity index (χ2v) is 14.9. The molecule has 2 aromatic heterocycles. The van der Waals surface area contributed by atoms with E-state index in [0.717, 1.165) is 57.3 Å². The number of carboxylic acid groups (broad SMARTS) is 2. The molecule has 1 aliphatic rings. The number of aliphatic carboxylic acids is 2. The molecular formula is C26H34N10O13S3. The Hall–Kier alpha value is -5.31. The van der Waals surface area contributed by atoms with Gasteiger partial charge in [-0.2, -0.15) is 13.1 Å². The number of carboxylic acids is 2. The summed E-state index contributed by atoms with van der Waals surface area (Å²) in [5.74, 6) is -7.51. The highest BCUT2D eigenvalue weighted by Crippen LogP contribution is 2.23. The molecule has 1 saturated heterocycles. The molecule has 0 aromatic carbocycles. The second-order valence-electron chi connectivity index (χ2n) is 11.9. The fourth-order valence-electron chi connectivity index (χ4n) is 3.99. The highest BCUT2D eigenvalue weighted by molar-refractivity contribution is 7.83. The number of nitrogens with two attached hydrogens (primary N) is 2. The van der Waals surface area contributed by atoms with Crippen molar-refractivity contribution in [2.24, 2.45) is 10.3 Å². The molecule has 1 aliphatic heterocycles. The predicted molar refractivity (Wildman–Crippen MR) is 181 cm³/mol. The average molecular weight is 791 g/mol. The first kappa shape index (κ1) is 41.1. The molecule has 1 fully saturated rings. The van der Waals surface area contributed by atoms with Crippen molar-refractivity contribution >= 4 is 90.2 Å². The van der Waals surface area contributed by atoms with Crippen LogP contribution in [0.25, 0.3) is 0 Å². The Labute approximate surface area is 302 Å². The van der Waals surface area contributed by atoms with Gasteiger partial charge in [0.2, 0.25) is 11.2 Å².